The molecular weight excluding hydrogens is 330 g/mol. The van der Waals surface area contributed by atoms with Gasteiger partial charge in [-0.2, -0.15) is 5.26 Å². The molecule has 0 aliphatic heterocycles. The minimum atomic E-state index is -0.922. The molecule has 2 aromatic rings. The number of esters is 1. The maximum Gasteiger partial charge on any atom is 0.355 e. The average molecular weight is 341 g/mol. The number of pyridine rings is 1. The van der Waals surface area contributed by atoms with Gasteiger partial charge >= 0.3 is 5.97 Å². The van der Waals surface area contributed by atoms with Crippen LogP contribution in [0.1, 0.15) is 38.9 Å². The Labute approximate surface area is 140 Å². The molecule has 9 nitrogen and oxygen atoms in total. The number of ether oxygens (including phenoxy) is 1. The van der Waals surface area contributed by atoms with E-state index in [9.17, 15) is 24.5 Å². The number of nitro benzene ring substituents is 1. The Hall–Kier alpha value is -3.80. The first-order valence-corrected chi connectivity index (χ1v) is 7.02. The molecule has 0 aliphatic carbocycles. The zero-order valence-electron chi connectivity index (χ0n) is 12.9. The number of nitrogens with one attached hydrogen (secondary N) is 1. The second kappa shape index (κ2) is 7.18. The van der Waals surface area contributed by atoms with E-state index < -0.39 is 22.2 Å². The molecule has 126 valence electrons. The molecule has 0 spiro atoms. The monoisotopic (exact) mass is 341 g/mol. The Morgan fingerprint density at radius 2 is 1.96 bits per heavy atom. The van der Waals surface area contributed by atoms with Crippen molar-refractivity contribution in [2.24, 2.45) is 0 Å². The van der Waals surface area contributed by atoms with Crippen molar-refractivity contribution >= 4 is 17.4 Å². The van der Waals surface area contributed by atoms with Crippen LogP contribution in [0.3, 0.4) is 0 Å². The number of nitriles is 1. The van der Waals surface area contributed by atoms with Crippen molar-refractivity contribution < 1.29 is 19.2 Å². The number of nitro groups is 1. The number of aromatic amines is 1. The predicted octanol–water partition coefficient (Wildman–Crippen LogP) is 1.56. The van der Waals surface area contributed by atoms with Crippen LogP contribution < -0.4 is 5.56 Å². The molecule has 0 unspecified atom stereocenters. The molecule has 2 rings (SSSR count). The molecule has 1 N–H and O–H groups in total. The molecule has 0 saturated heterocycles. The number of hydrogen-bond donors (Lipinski definition) is 1. The highest BCUT2D eigenvalue weighted by Crippen LogP contribution is 2.17. The van der Waals surface area contributed by atoms with Crippen LogP contribution in [0, 0.1) is 21.4 Å². The van der Waals surface area contributed by atoms with E-state index in [0.29, 0.717) is 0 Å². The summed E-state index contributed by atoms with van der Waals surface area (Å²) in [5.41, 5.74) is -1.95. The quantitative estimate of drug-likeness (QED) is 0.376. The second-order valence-corrected chi connectivity index (χ2v) is 4.77. The highest BCUT2D eigenvalue weighted by molar-refractivity contribution is 6.14. The van der Waals surface area contributed by atoms with Crippen molar-refractivity contribution in [1.82, 2.24) is 4.98 Å². The molecule has 0 atom stereocenters. The van der Waals surface area contributed by atoms with Crippen molar-refractivity contribution in [1.29, 1.82) is 5.26 Å². The van der Waals surface area contributed by atoms with Gasteiger partial charge in [0, 0.05) is 17.7 Å². The van der Waals surface area contributed by atoms with Gasteiger partial charge in [0.15, 0.2) is 5.78 Å². The van der Waals surface area contributed by atoms with Gasteiger partial charge in [-0.25, -0.2) is 4.79 Å². The summed E-state index contributed by atoms with van der Waals surface area (Å²) in [4.78, 5) is 48.6. The summed E-state index contributed by atoms with van der Waals surface area (Å²) in [5.74, 6) is -1.61. The summed E-state index contributed by atoms with van der Waals surface area (Å²) in [6.07, 6.45) is 0. The lowest BCUT2D eigenvalue weighted by molar-refractivity contribution is -0.384. The number of hydrogen-bond acceptors (Lipinski definition) is 7. The fourth-order valence-electron chi connectivity index (χ4n) is 2.05. The second-order valence-electron chi connectivity index (χ2n) is 4.77. The van der Waals surface area contributed by atoms with Crippen LogP contribution in [0.2, 0.25) is 0 Å². The molecule has 0 fully saturated rings. The maximum absolute atomic E-state index is 12.6. The Balaban J connectivity index is 2.57. The Kier molecular flexibility index (Phi) is 5.04. The summed E-state index contributed by atoms with van der Waals surface area (Å²) in [5, 5.41) is 19.6. The number of aromatic nitrogens is 1. The number of carbonyl (C=O) groups is 2. The summed E-state index contributed by atoms with van der Waals surface area (Å²) < 4.78 is 4.80. The lowest BCUT2D eigenvalue weighted by Gasteiger charge is -2.08. The lowest BCUT2D eigenvalue weighted by atomic mass is 10.00. The van der Waals surface area contributed by atoms with Gasteiger partial charge in [-0.3, -0.25) is 19.7 Å². The first-order chi connectivity index (χ1) is 11.9. The van der Waals surface area contributed by atoms with Crippen LogP contribution in [0.15, 0.2) is 35.1 Å². The van der Waals surface area contributed by atoms with Crippen molar-refractivity contribution in [3.63, 3.8) is 0 Å². The van der Waals surface area contributed by atoms with Gasteiger partial charge in [0.2, 0.25) is 0 Å². The van der Waals surface area contributed by atoms with E-state index in [2.05, 4.69) is 4.98 Å². The smallest absolute Gasteiger partial charge is 0.355 e. The van der Waals surface area contributed by atoms with E-state index in [1.807, 2.05) is 0 Å². The van der Waals surface area contributed by atoms with Gasteiger partial charge in [-0.15, -0.1) is 0 Å². The fourth-order valence-corrected chi connectivity index (χ4v) is 2.05. The number of H-pyrrole nitrogens is 1. The fraction of sp³-hybridized carbons (Fsp3) is 0.125. The topological polar surface area (TPSA) is 143 Å². The SMILES string of the molecule is CCOC(=O)c1[nH]c(=O)c(C#N)cc1C(=O)c1ccc([N+](=O)[O-])cc1. The summed E-state index contributed by atoms with van der Waals surface area (Å²) in [7, 11) is 0. The van der Waals surface area contributed by atoms with Gasteiger partial charge in [0.1, 0.15) is 17.3 Å². The third kappa shape index (κ3) is 3.59. The standard InChI is InChI=1S/C16H11N3O6/c1-2-25-16(22)13-12(7-10(8-17)15(21)18-13)14(20)9-3-5-11(6-4-9)19(23)24/h3-7H,2H2,1H3,(H,18,21). The van der Waals surface area contributed by atoms with Gasteiger partial charge in [-0.1, -0.05) is 0 Å². The third-order valence-electron chi connectivity index (χ3n) is 3.23. The van der Waals surface area contributed by atoms with Crippen molar-refractivity contribution in [2.45, 2.75) is 6.92 Å². The number of nitrogens with zero attached hydrogens (tertiary/aromatic N) is 2. The Bertz CT molecular complexity index is 953. The van der Waals surface area contributed by atoms with Gasteiger partial charge < -0.3 is 9.72 Å². The van der Waals surface area contributed by atoms with E-state index >= 15 is 0 Å². The van der Waals surface area contributed by atoms with E-state index in [4.69, 9.17) is 10.00 Å². The first kappa shape index (κ1) is 17.6. The van der Waals surface area contributed by atoms with Crippen LogP contribution >= 0.6 is 0 Å². The summed E-state index contributed by atoms with van der Waals surface area (Å²) in [6, 6.07) is 7.32. The minimum absolute atomic E-state index is 0.0199. The van der Waals surface area contributed by atoms with E-state index in [0.717, 1.165) is 18.2 Å². The molecule has 25 heavy (non-hydrogen) atoms. The summed E-state index contributed by atoms with van der Waals surface area (Å²) in [6.45, 7) is 1.57. The van der Waals surface area contributed by atoms with Crippen molar-refractivity contribution in [2.75, 3.05) is 6.61 Å². The van der Waals surface area contributed by atoms with Gasteiger partial charge in [0.05, 0.1) is 17.1 Å². The molecule has 0 radical (unpaired) electrons. The van der Waals surface area contributed by atoms with E-state index in [1.54, 1.807) is 13.0 Å². The molecule has 9 heteroatoms. The first-order valence-electron chi connectivity index (χ1n) is 7.02. The van der Waals surface area contributed by atoms with Gasteiger partial charge in [0.25, 0.3) is 11.2 Å². The normalized spacial score (nSPS) is 9.92. The van der Waals surface area contributed by atoms with Crippen molar-refractivity contribution in [3.8, 4) is 6.07 Å². The molecular formula is C16H11N3O6. The molecule has 0 amide bonds. The minimum Gasteiger partial charge on any atom is -0.461 e. The van der Waals surface area contributed by atoms with Crippen LogP contribution in [-0.2, 0) is 4.74 Å². The van der Waals surface area contributed by atoms with Crippen molar-refractivity contribution in [3.05, 3.63) is 73.2 Å². The van der Waals surface area contributed by atoms with Gasteiger partial charge in [-0.05, 0) is 25.1 Å². The maximum atomic E-state index is 12.6. The Morgan fingerprint density at radius 1 is 1.32 bits per heavy atom. The number of rotatable bonds is 5. The van der Waals surface area contributed by atoms with E-state index in [1.165, 1.54) is 12.1 Å². The number of non-ortho nitro benzene ring substituents is 1. The molecule has 0 bridgehead atoms. The van der Waals surface area contributed by atoms with Crippen LogP contribution in [0.5, 0.6) is 0 Å². The average Bonchev–Trinajstić information content (AvgIpc) is 2.61. The number of benzene rings is 1. The highest BCUT2D eigenvalue weighted by atomic mass is 16.6. The number of carbonyl (C=O) groups excluding carboxylic acids is 2. The van der Waals surface area contributed by atoms with Crippen LogP contribution in [0.4, 0.5) is 5.69 Å². The zero-order valence-corrected chi connectivity index (χ0v) is 12.9. The summed E-state index contributed by atoms with van der Waals surface area (Å²) >= 11 is 0. The number of ketones is 1. The zero-order chi connectivity index (χ0) is 18.6. The molecule has 0 saturated carbocycles. The Morgan fingerprint density at radius 3 is 2.48 bits per heavy atom. The highest BCUT2D eigenvalue weighted by Gasteiger charge is 2.23. The van der Waals surface area contributed by atoms with Crippen LogP contribution in [0.25, 0.3) is 0 Å². The molecule has 1 aromatic heterocycles. The molecule has 1 heterocycles. The third-order valence-corrected chi connectivity index (χ3v) is 3.23. The predicted molar refractivity (Wildman–Crippen MR) is 84.3 cm³/mol. The lowest BCUT2D eigenvalue weighted by Crippen LogP contribution is -2.22. The molecule has 1 aromatic carbocycles. The molecule has 0 aliphatic rings. The largest absolute Gasteiger partial charge is 0.461 e. The van der Waals surface area contributed by atoms with E-state index in [-0.39, 0.29) is 34.7 Å². The van der Waals surface area contributed by atoms with Crippen LogP contribution in [-0.4, -0.2) is 28.3 Å².